The van der Waals surface area contributed by atoms with Gasteiger partial charge in [0.25, 0.3) is 0 Å². The van der Waals surface area contributed by atoms with Crippen molar-refractivity contribution in [2.75, 3.05) is 6.54 Å². The van der Waals surface area contributed by atoms with Gasteiger partial charge in [-0.05, 0) is 38.2 Å². The van der Waals surface area contributed by atoms with Crippen molar-refractivity contribution < 1.29 is 0 Å². The van der Waals surface area contributed by atoms with Crippen molar-refractivity contribution >= 4 is 0 Å². The van der Waals surface area contributed by atoms with E-state index in [0.717, 1.165) is 29.8 Å². The van der Waals surface area contributed by atoms with Gasteiger partial charge in [-0.1, -0.05) is 6.92 Å². The Labute approximate surface area is 125 Å². The van der Waals surface area contributed by atoms with Gasteiger partial charge in [0.2, 0.25) is 0 Å². The van der Waals surface area contributed by atoms with Gasteiger partial charge in [-0.2, -0.15) is 0 Å². The molecule has 112 valence electrons. The maximum absolute atomic E-state index is 4.68. The van der Waals surface area contributed by atoms with E-state index >= 15 is 0 Å². The van der Waals surface area contributed by atoms with E-state index in [2.05, 4.69) is 41.0 Å². The molecule has 21 heavy (non-hydrogen) atoms. The average Bonchev–Trinajstić information content (AvgIpc) is 3.16. The Morgan fingerprint density at radius 3 is 2.48 bits per heavy atom. The Morgan fingerprint density at radius 2 is 1.95 bits per heavy atom. The van der Waals surface area contributed by atoms with Gasteiger partial charge >= 0.3 is 0 Å². The largest absolute Gasteiger partial charge is 0.331 e. The van der Waals surface area contributed by atoms with Crippen LogP contribution in [0.4, 0.5) is 0 Å². The lowest BCUT2D eigenvalue weighted by molar-refractivity contribution is 0.603. The minimum absolute atomic E-state index is 0.432. The summed E-state index contributed by atoms with van der Waals surface area (Å²) in [6.45, 7) is 7.39. The van der Waals surface area contributed by atoms with Crippen LogP contribution in [0, 0.1) is 13.8 Å². The molecule has 1 unspecified atom stereocenters. The molecule has 0 saturated heterocycles. The molecule has 2 aromatic heterocycles. The fraction of sp³-hybridized carbons (Fsp3) is 0.562. The maximum atomic E-state index is 4.68. The first-order valence-electron chi connectivity index (χ1n) is 7.62. The third-order valence-electron chi connectivity index (χ3n) is 4.13. The van der Waals surface area contributed by atoms with Gasteiger partial charge in [-0.15, -0.1) is 0 Å². The zero-order chi connectivity index (χ0) is 15.0. The number of aryl methyl sites for hydroxylation is 3. The van der Waals surface area contributed by atoms with Gasteiger partial charge in [-0.3, -0.25) is 0 Å². The lowest BCUT2D eigenvalue weighted by atomic mass is 9.98. The van der Waals surface area contributed by atoms with Crippen molar-refractivity contribution in [1.82, 2.24) is 24.8 Å². The predicted octanol–water partition coefficient (Wildman–Crippen LogP) is 2.35. The topological polar surface area (TPSA) is 55.6 Å². The summed E-state index contributed by atoms with van der Waals surface area (Å²) in [5.41, 5.74) is 3.39. The summed E-state index contributed by atoms with van der Waals surface area (Å²) >= 11 is 0. The SMILES string of the molecule is Cc1nc(-c2nccn2C)nc(C)c1C(C)CNC1CC1. The van der Waals surface area contributed by atoms with Crippen molar-refractivity contribution in [3.05, 3.63) is 29.3 Å². The maximum Gasteiger partial charge on any atom is 0.196 e. The molecule has 0 amide bonds. The van der Waals surface area contributed by atoms with E-state index in [1.807, 2.05) is 17.8 Å². The van der Waals surface area contributed by atoms with E-state index in [4.69, 9.17) is 0 Å². The van der Waals surface area contributed by atoms with Crippen molar-refractivity contribution in [3.8, 4) is 11.6 Å². The molecule has 2 heterocycles. The Balaban J connectivity index is 1.86. The summed E-state index contributed by atoms with van der Waals surface area (Å²) in [4.78, 5) is 13.7. The molecule has 0 aliphatic heterocycles. The number of nitrogens with one attached hydrogen (secondary N) is 1. The Bertz CT molecular complexity index is 619. The monoisotopic (exact) mass is 285 g/mol. The minimum atomic E-state index is 0.432. The van der Waals surface area contributed by atoms with Crippen LogP contribution >= 0.6 is 0 Å². The smallest absolute Gasteiger partial charge is 0.196 e. The minimum Gasteiger partial charge on any atom is -0.331 e. The second-order valence-corrected chi connectivity index (χ2v) is 6.08. The number of imidazole rings is 1. The van der Waals surface area contributed by atoms with Crippen LogP contribution in [0.1, 0.15) is 42.6 Å². The van der Waals surface area contributed by atoms with Crippen molar-refractivity contribution in [3.63, 3.8) is 0 Å². The van der Waals surface area contributed by atoms with Gasteiger partial charge in [0.1, 0.15) is 0 Å². The second kappa shape index (κ2) is 5.56. The van der Waals surface area contributed by atoms with Crippen LogP contribution in [0.5, 0.6) is 0 Å². The molecule has 5 heteroatoms. The second-order valence-electron chi connectivity index (χ2n) is 6.08. The number of rotatable bonds is 5. The van der Waals surface area contributed by atoms with Crippen LogP contribution < -0.4 is 5.32 Å². The van der Waals surface area contributed by atoms with Crippen LogP contribution in [0.15, 0.2) is 12.4 Å². The third-order valence-corrected chi connectivity index (χ3v) is 4.13. The van der Waals surface area contributed by atoms with Crippen molar-refractivity contribution in [2.45, 2.75) is 45.6 Å². The standard InChI is InChI=1S/C16H23N5/c1-10(9-18-13-5-6-13)14-11(2)19-15(20-12(14)3)16-17-7-8-21(16)4/h7-8,10,13,18H,5-6,9H2,1-4H3. The van der Waals surface area contributed by atoms with Gasteiger partial charge in [-0.25, -0.2) is 15.0 Å². The Kier molecular flexibility index (Phi) is 3.76. The van der Waals surface area contributed by atoms with E-state index in [9.17, 15) is 0 Å². The number of hydrogen-bond acceptors (Lipinski definition) is 4. The molecule has 0 aromatic carbocycles. The summed E-state index contributed by atoms with van der Waals surface area (Å²) in [6, 6.07) is 0.737. The Morgan fingerprint density at radius 1 is 1.29 bits per heavy atom. The molecule has 1 aliphatic carbocycles. The molecule has 1 N–H and O–H groups in total. The zero-order valence-electron chi connectivity index (χ0n) is 13.2. The highest BCUT2D eigenvalue weighted by atomic mass is 15.1. The number of hydrogen-bond donors (Lipinski definition) is 1. The first-order chi connectivity index (χ1) is 10.1. The molecular weight excluding hydrogens is 262 g/mol. The zero-order valence-corrected chi connectivity index (χ0v) is 13.2. The molecule has 2 aromatic rings. The van der Waals surface area contributed by atoms with Crippen LogP contribution in [0.2, 0.25) is 0 Å². The van der Waals surface area contributed by atoms with E-state index in [0.29, 0.717) is 11.7 Å². The molecule has 0 radical (unpaired) electrons. The van der Waals surface area contributed by atoms with Crippen molar-refractivity contribution in [2.24, 2.45) is 7.05 Å². The first-order valence-corrected chi connectivity index (χ1v) is 7.62. The van der Waals surface area contributed by atoms with Crippen LogP contribution in [-0.2, 0) is 7.05 Å². The van der Waals surface area contributed by atoms with Gasteiger partial charge in [0.15, 0.2) is 11.6 Å². The van der Waals surface area contributed by atoms with Crippen LogP contribution in [0.3, 0.4) is 0 Å². The fourth-order valence-electron chi connectivity index (χ4n) is 2.85. The molecular formula is C16H23N5. The highest BCUT2D eigenvalue weighted by molar-refractivity contribution is 5.46. The van der Waals surface area contributed by atoms with E-state index in [1.54, 1.807) is 6.20 Å². The molecule has 1 aliphatic rings. The lowest BCUT2D eigenvalue weighted by Gasteiger charge is -2.17. The average molecular weight is 285 g/mol. The fourth-order valence-corrected chi connectivity index (χ4v) is 2.85. The highest BCUT2D eigenvalue weighted by Gasteiger charge is 2.23. The highest BCUT2D eigenvalue weighted by Crippen LogP contribution is 2.25. The summed E-state index contributed by atoms with van der Waals surface area (Å²) < 4.78 is 1.95. The number of nitrogens with zero attached hydrogens (tertiary/aromatic N) is 4. The molecule has 0 bridgehead atoms. The summed E-state index contributed by atoms with van der Waals surface area (Å²) in [6.07, 6.45) is 6.33. The summed E-state index contributed by atoms with van der Waals surface area (Å²) in [5.74, 6) is 1.96. The normalized spacial score (nSPS) is 16.2. The van der Waals surface area contributed by atoms with Gasteiger partial charge in [0, 0.05) is 43.4 Å². The van der Waals surface area contributed by atoms with E-state index < -0.39 is 0 Å². The summed E-state index contributed by atoms with van der Waals surface area (Å²) in [7, 11) is 1.96. The Hall–Kier alpha value is -1.75. The summed E-state index contributed by atoms with van der Waals surface area (Å²) in [5, 5.41) is 3.59. The van der Waals surface area contributed by atoms with Crippen molar-refractivity contribution in [1.29, 1.82) is 0 Å². The third kappa shape index (κ3) is 2.97. The lowest BCUT2D eigenvalue weighted by Crippen LogP contribution is -2.23. The molecule has 0 spiro atoms. The molecule has 1 fully saturated rings. The quantitative estimate of drug-likeness (QED) is 0.916. The van der Waals surface area contributed by atoms with Crippen LogP contribution in [0.25, 0.3) is 11.6 Å². The molecule has 1 atom stereocenters. The number of aromatic nitrogens is 4. The molecule has 5 nitrogen and oxygen atoms in total. The van der Waals surface area contributed by atoms with E-state index in [1.165, 1.54) is 18.4 Å². The molecule has 1 saturated carbocycles. The predicted molar refractivity (Wildman–Crippen MR) is 83.1 cm³/mol. The van der Waals surface area contributed by atoms with Gasteiger partial charge in [0.05, 0.1) is 0 Å². The van der Waals surface area contributed by atoms with Gasteiger partial charge < -0.3 is 9.88 Å². The molecule has 3 rings (SSSR count). The van der Waals surface area contributed by atoms with E-state index in [-0.39, 0.29) is 0 Å². The first kappa shape index (κ1) is 14.2. The van der Waals surface area contributed by atoms with Crippen LogP contribution in [-0.4, -0.2) is 32.1 Å².